The summed E-state index contributed by atoms with van der Waals surface area (Å²) < 4.78 is 14.7. The molecule has 1 aromatic heterocycles. The van der Waals surface area contributed by atoms with Gasteiger partial charge in [-0.3, -0.25) is 0 Å². The van der Waals surface area contributed by atoms with Gasteiger partial charge >= 0.3 is 0 Å². The molecule has 2 rings (SSSR count). The molecule has 1 aromatic carbocycles. The lowest BCUT2D eigenvalue weighted by Crippen LogP contribution is -2.09. The minimum absolute atomic E-state index is 0.211. The average Bonchev–Trinajstić information content (AvgIpc) is 2.70. The summed E-state index contributed by atoms with van der Waals surface area (Å²) in [5, 5.41) is 11.0. The topological polar surface area (TPSA) is 69.6 Å². The molecule has 0 aliphatic rings. The molecule has 0 aliphatic heterocycles. The van der Waals surface area contributed by atoms with Gasteiger partial charge in [-0.15, -0.1) is 5.10 Å². The molecule has 0 unspecified atom stereocenters. The molecule has 1 heterocycles. The molecule has 0 atom stereocenters. The van der Waals surface area contributed by atoms with E-state index in [2.05, 4.69) is 15.5 Å². The Kier molecular flexibility index (Phi) is 2.42. The predicted octanol–water partition coefficient (Wildman–Crippen LogP) is 0.569. The third-order valence-electron chi connectivity index (χ3n) is 2.18. The molecule has 78 valence electrons. The molecule has 0 radical (unpaired) electrons. The Morgan fingerprint density at radius 2 is 2.27 bits per heavy atom. The van der Waals surface area contributed by atoms with E-state index in [1.807, 2.05) is 0 Å². The molecule has 5 nitrogen and oxygen atoms in total. The molecule has 0 bridgehead atoms. The number of halogens is 1. The Labute approximate surface area is 85.7 Å². The van der Waals surface area contributed by atoms with Gasteiger partial charge in [0.05, 0.1) is 12.2 Å². The van der Waals surface area contributed by atoms with Crippen molar-refractivity contribution in [1.82, 2.24) is 20.2 Å². The molecule has 0 saturated carbocycles. The van der Waals surface area contributed by atoms with Crippen molar-refractivity contribution in [3.8, 4) is 5.69 Å². The van der Waals surface area contributed by atoms with E-state index in [-0.39, 0.29) is 12.4 Å². The van der Waals surface area contributed by atoms with E-state index in [4.69, 9.17) is 5.73 Å². The number of nitrogens with two attached hydrogens (primary N) is 1. The van der Waals surface area contributed by atoms with Crippen molar-refractivity contribution in [3.05, 3.63) is 35.4 Å². The van der Waals surface area contributed by atoms with Crippen LogP contribution in [0.3, 0.4) is 0 Å². The number of tetrazole rings is 1. The Bertz CT molecular complexity index is 479. The van der Waals surface area contributed by atoms with Crippen LogP contribution in [0.4, 0.5) is 4.39 Å². The summed E-state index contributed by atoms with van der Waals surface area (Å²) in [6.45, 7) is 1.88. The van der Waals surface area contributed by atoms with Crippen molar-refractivity contribution in [2.24, 2.45) is 5.73 Å². The van der Waals surface area contributed by atoms with E-state index in [0.29, 0.717) is 17.1 Å². The molecule has 15 heavy (non-hydrogen) atoms. The fraction of sp³-hybridized carbons (Fsp3) is 0.222. The first-order valence-corrected chi connectivity index (χ1v) is 4.47. The predicted molar refractivity (Wildman–Crippen MR) is 51.7 cm³/mol. The van der Waals surface area contributed by atoms with Crippen LogP contribution < -0.4 is 5.73 Å². The van der Waals surface area contributed by atoms with Gasteiger partial charge in [0.1, 0.15) is 5.82 Å². The van der Waals surface area contributed by atoms with Gasteiger partial charge in [-0.05, 0) is 29.5 Å². The fourth-order valence-corrected chi connectivity index (χ4v) is 1.35. The highest BCUT2D eigenvalue weighted by atomic mass is 19.1. The quantitative estimate of drug-likeness (QED) is 0.781. The summed E-state index contributed by atoms with van der Waals surface area (Å²) in [6.07, 6.45) is 0. The Morgan fingerprint density at radius 1 is 1.47 bits per heavy atom. The van der Waals surface area contributed by atoms with Gasteiger partial charge in [0.15, 0.2) is 5.82 Å². The minimum Gasteiger partial charge on any atom is -0.324 e. The van der Waals surface area contributed by atoms with Crippen LogP contribution in [0.25, 0.3) is 5.69 Å². The standard InChI is InChI=1S/C9H10FN5/c1-6-7(10)3-2-4-8(6)15-9(5-11)12-13-14-15/h2-4H,5,11H2,1H3. The van der Waals surface area contributed by atoms with E-state index in [1.54, 1.807) is 19.1 Å². The lowest BCUT2D eigenvalue weighted by Gasteiger charge is -2.06. The molecular weight excluding hydrogens is 197 g/mol. The van der Waals surface area contributed by atoms with Gasteiger partial charge < -0.3 is 5.73 Å². The van der Waals surface area contributed by atoms with Gasteiger partial charge in [-0.2, -0.15) is 4.68 Å². The molecule has 0 aliphatic carbocycles. The monoisotopic (exact) mass is 207 g/mol. The third kappa shape index (κ3) is 1.59. The number of rotatable bonds is 2. The zero-order valence-corrected chi connectivity index (χ0v) is 8.18. The second kappa shape index (κ2) is 3.74. The Hall–Kier alpha value is -1.82. The van der Waals surface area contributed by atoms with Crippen molar-refractivity contribution in [3.63, 3.8) is 0 Å². The summed E-state index contributed by atoms with van der Waals surface area (Å²) in [6, 6.07) is 4.75. The highest BCUT2D eigenvalue weighted by molar-refractivity contribution is 5.40. The Balaban J connectivity index is 2.59. The van der Waals surface area contributed by atoms with Crippen LogP contribution in [-0.4, -0.2) is 20.2 Å². The molecule has 2 N–H and O–H groups in total. The summed E-state index contributed by atoms with van der Waals surface area (Å²) in [4.78, 5) is 0. The van der Waals surface area contributed by atoms with Crippen molar-refractivity contribution in [2.45, 2.75) is 13.5 Å². The van der Waals surface area contributed by atoms with Crippen molar-refractivity contribution in [2.75, 3.05) is 0 Å². The van der Waals surface area contributed by atoms with E-state index in [9.17, 15) is 4.39 Å². The van der Waals surface area contributed by atoms with Gasteiger partial charge in [0.2, 0.25) is 0 Å². The minimum atomic E-state index is -0.286. The lowest BCUT2D eigenvalue weighted by atomic mass is 10.2. The number of aromatic nitrogens is 4. The van der Waals surface area contributed by atoms with Crippen LogP contribution in [0.1, 0.15) is 11.4 Å². The first kappa shape index (κ1) is 9.72. The van der Waals surface area contributed by atoms with Crippen LogP contribution in [-0.2, 0) is 6.54 Å². The van der Waals surface area contributed by atoms with E-state index in [1.165, 1.54) is 10.7 Å². The zero-order valence-electron chi connectivity index (χ0n) is 8.18. The fourth-order valence-electron chi connectivity index (χ4n) is 1.35. The van der Waals surface area contributed by atoms with Gasteiger partial charge in [-0.25, -0.2) is 4.39 Å². The second-order valence-corrected chi connectivity index (χ2v) is 3.10. The van der Waals surface area contributed by atoms with E-state index < -0.39 is 0 Å². The largest absolute Gasteiger partial charge is 0.324 e. The highest BCUT2D eigenvalue weighted by Crippen LogP contribution is 2.16. The normalized spacial score (nSPS) is 10.6. The molecular formula is C9H10FN5. The molecule has 6 heteroatoms. The summed E-state index contributed by atoms with van der Waals surface area (Å²) >= 11 is 0. The third-order valence-corrected chi connectivity index (χ3v) is 2.18. The van der Waals surface area contributed by atoms with Gasteiger partial charge in [-0.1, -0.05) is 6.07 Å². The van der Waals surface area contributed by atoms with Crippen molar-refractivity contribution >= 4 is 0 Å². The van der Waals surface area contributed by atoms with Crippen LogP contribution in [0.5, 0.6) is 0 Å². The SMILES string of the molecule is Cc1c(F)cccc1-n1nnnc1CN. The molecule has 2 aromatic rings. The first-order valence-electron chi connectivity index (χ1n) is 4.47. The maximum Gasteiger partial charge on any atom is 0.170 e. The number of benzene rings is 1. The maximum absolute atomic E-state index is 13.3. The summed E-state index contributed by atoms with van der Waals surface area (Å²) in [7, 11) is 0. The molecule has 0 saturated heterocycles. The molecule has 0 amide bonds. The number of hydrogen-bond acceptors (Lipinski definition) is 4. The smallest absolute Gasteiger partial charge is 0.170 e. The van der Waals surface area contributed by atoms with Crippen LogP contribution in [0.15, 0.2) is 18.2 Å². The van der Waals surface area contributed by atoms with E-state index >= 15 is 0 Å². The van der Waals surface area contributed by atoms with Crippen molar-refractivity contribution in [1.29, 1.82) is 0 Å². The highest BCUT2D eigenvalue weighted by Gasteiger charge is 2.10. The zero-order chi connectivity index (χ0) is 10.8. The molecule has 0 spiro atoms. The number of nitrogens with zero attached hydrogens (tertiary/aromatic N) is 4. The van der Waals surface area contributed by atoms with E-state index in [0.717, 1.165) is 0 Å². The Morgan fingerprint density at radius 3 is 3.00 bits per heavy atom. The number of hydrogen-bond donors (Lipinski definition) is 1. The lowest BCUT2D eigenvalue weighted by molar-refractivity contribution is 0.613. The van der Waals surface area contributed by atoms with Crippen LogP contribution in [0.2, 0.25) is 0 Å². The summed E-state index contributed by atoms with van der Waals surface area (Å²) in [5.74, 6) is 0.217. The van der Waals surface area contributed by atoms with Gasteiger partial charge in [0, 0.05) is 5.56 Å². The summed E-state index contributed by atoms with van der Waals surface area (Å²) in [5.41, 5.74) is 6.57. The second-order valence-electron chi connectivity index (χ2n) is 3.10. The first-order chi connectivity index (χ1) is 7.24. The van der Waals surface area contributed by atoms with Crippen molar-refractivity contribution < 1.29 is 4.39 Å². The van der Waals surface area contributed by atoms with Gasteiger partial charge in [0.25, 0.3) is 0 Å². The maximum atomic E-state index is 13.3. The van der Waals surface area contributed by atoms with Crippen LogP contribution in [0, 0.1) is 12.7 Å². The van der Waals surface area contributed by atoms with Crippen LogP contribution >= 0.6 is 0 Å². The molecule has 0 fully saturated rings. The average molecular weight is 207 g/mol.